The van der Waals surface area contributed by atoms with Crippen LogP contribution in [0.5, 0.6) is 16.7 Å². The summed E-state index contributed by atoms with van der Waals surface area (Å²) in [5.74, 6) is 1.84. The summed E-state index contributed by atoms with van der Waals surface area (Å²) in [5, 5.41) is 1.57. The number of aryl methyl sites for hydroxylation is 1. The number of rotatable bonds is 8. The van der Waals surface area contributed by atoms with Crippen molar-refractivity contribution in [1.29, 1.82) is 0 Å². The van der Waals surface area contributed by atoms with Crippen molar-refractivity contribution in [2.24, 2.45) is 4.99 Å². The van der Waals surface area contributed by atoms with Crippen molar-refractivity contribution < 1.29 is 9.47 Å². The van der Waals surface area contributed by atoms with Crippen LogP contribution in [0.4, 0.5) is 5.69 Å². The topological polar surface area (TPSA) is 59.8 Å². The largest absolute Gasteiger partial charge is 0.486 e. The lowest BCUT2D eigenvalue weighted by Gasteiger charge is -2.10. The van der Waals surface area contributed by atoms with Gasteiger partial charge >= 0.3 is 0 Å². The summed E-state index contributed by atoms with van der Waals surface area (Å²) in [6.45, 7) is 5.08. The van der Waals surface area contributed by atoms with E-state index >= 15 is 0 Å². The SMILES string of the molecule is CCN(C)C=Nc1cc(C)c(Oc2nc(COc3ccc(Cl)cc3)ns2)cc1Cl. The monoisotopic (exact) mass is 450 g/mol. The van der Waals surface area contributed by atoms with E-state index in [1.54, 1.807) is 36.7 Å². The third-order valence-corrected chi connectivity index (χ3v) is 5.15. The van der Waals surface area contributed by atoms with Gasteiger partial charge in [0.25, 0.3) is 5.19 Å². The van der Waals surface area contributed by atoms with E-state index in [1.165, 1.54) is 0 Å². The Balaban J connectivity index is 1.65. The van der Waals surface area contributed by atoms with Crippen LogP contribution in [0.2, 0.25) is 10.0 Å². The number of halogens is 2. The Morgan fingerprint density at radius 2 is 1.97 bits per heavy atom. The molecule has 0 amide bonds. The van der Waals surface area contributed by atoms with Crippen LogP contribution in [-0.2, 0) is 6.61 Å². The van der Waals surface area contributed by atoms with Crippen LogP contribution in [0.3, 0.4) is 0 Å². The van der Waals surface area contributed by atoms with E-state index in [4.69, 9.17) is 32.7 Å². The third-order valence-electron chi connectivity index (χ3n) is 3.97. The Labute approximate surface area is 183 Å². The molecule has 3 aromatic rings. The molecule has 0 aliphatic heterocycles. The summed E-state index contributed by atoms with van der Waals surface area (Å²) < 4.78 is 15.8. The van der Waals surface area contributed by atoms with E-state index < -0.39 is 0 Å². The van der Waals surface area contributed by atoms with E-state index in [0.29, 0.717) is 38.2 Å². The van der Waals surface area contributed by atoms with Gasteiger partial charge in [-0.15, -0.1) is 0 Å². The fraction of sp³-hybridized carbons (Fsp3) is 0.250. The zero-order chi connectivity index (χ0) is 20.8. The van der Waals surface area contributed by atoms with Gasteiger partial charge in [-0.25, -0.2) is 4.99 Å². The van der Waals surface area contributed by atoms with Crippen LogP contribution in [0, 0.1) is 6.92 Å². The fourth-order valence-electron chi connectivity index (χ4n) is 2.21. The minimum absolute atomic E-state index is 0.236. The van der Waals surface area contributed by atoms with E-state index in [0.717, 1.165) is 23.6 Å². The number of benzene rings is 2. The Hall–Kier alpha value is -2.35. The lowest BCUT2D eigenvalue weighted by Crippen LogP contribution is -2.14. The van der Waals surface area contributed by atoms with Gasteiger partial charge in [-0.1, -0.05) is 23.2 Å². The molecular weight excluding hydrogens is 431 g/mol. The molecule has 0 spiro atoms. The first-order valence-corrected chi connectivity index (χ1v) is 10.4. The zero-order valence-electron chi connectivity index (χ0n) is 16.2. The second kappa shape index (κ2) is 9.91. The molecule has 0 bridgehead atoms. The van der Waals surface area contributed by atoms with E-state index in [2.05, 4.69) is 14.3 Å². The van der Waals surface area contributed by atoms with Gasteiger partial charge in [-0.3, -0.25) is 0 Å². The van der Waals surface area contributed by atoms with E-state index in [-0.39, 0.29) is 6.61 Å². The summed E-state index contributed by atoms with van der Waals surface area (Å²) in [4.78, 5) is 10.7. The number of aromatic nitrogens is 2. The predicted octanol–water partition coefficient (Wildman–Crippen LogP) is 6.14. The number of hydrogen-bond donors (Lipinski definition) is 0. The van der Waals surface area contributed by atoms with Crippen LogP contribution in [0.1, 0.15) is 18.3 Å². The Kier molecular flexibility index (Phi) is 7.30. The smallest absolute Gasteiger partial charge is 0.298 e. The number of nitrogens with zero attached hydrogens (tertiary/aromatic N) is 4. The summed E-state index contributed by atoms with van der Waals surface area (Å²) in [6, 6.07) is 10.7. The molecule has 1 heterocycles. The minimum Gasteiger partial charge on any atom is -0.486 e. The van der Waals surface area contributed by atoms with Crippen molar-refractivity contribution >= 4 is 46.8 Å². The molecule has 2 aromatic carbocycles. The summed E-state index contributed by atoms with van der Waals surface area (Å²) in [5.41, 5.74) is 1.58. The highest BCUT2D eigenvalue weighted by molar-refractivity contribution is 7.07. The average molecular weight is 451 g/mol. The molecule has 0 saturated heterocycles. The second-order valence-electron chi connectivity index (χ2n) is 6.21. The molecule has 29 heavy (non-hydrogen) atoms. The van der Waals surface area contributed by atoms with Gasteiger partial charge in [0.15, 0.2) is 5.82 Å². The first-order chi connectivity index (χ1) is 13.9. The van der Waals surface area contributed by atoms with Crippen molar-refractivity contribution in [1.82, 2.24) is 14.3 Å². The summed E-state index contributed by atoms with van der Waals surface area (Å²) >= 11 is 13.4. The molecule has 0 radical (unpaired) electrons. The van der Waals surface area contributed by atoms with Crippen molar-refractivity contribution in [3.63, 3.8) is 0 Å². The van der Waals surface area contributed by atoms with Crippen molar-refractivity contribution in [3.05, 3.63) is 57.8 Å². The number of ether oxygens (including phenoxy) is 2. The van der Waals surface area contributed by atoms with E-state index in [1.807, 2.05) is 31.9 Å². The highest BCUT2D eigenvalue weighted by Gasteiger charge is 2.11. The van der Waals surface area contributed by atoms with E-state index in [9.17, 15) is 0 Å². The normalized spacial score (nSPS) is 11.1. The van der Waals surface area contributed by atoms with Gasteiger partial charge in [-0.05, 0) is 49.7 Å². The first-order valence-electron chi connectivity index (χ1n) is 8.88. The van der Waals surface area contributed by atoms with Crippen LogP contribution in [0.25, 0.3) is 0 Å². The van der Waals surface area contributed by atoms with Crippen LogP contribution >= 0.6 is 34.7 Å². The van der Waals surface area contributed by atoms with Crippen LogP contribution < -0.4 is 9.47 Å². The Bertz CT molecular complexity index is 993. The molecule has 0 aliphatic carbocycles. The quantitative estimate of drug-likeness (QED) is 0.304. The molecule has 0 saturated carbocycles. The lowest BCUT2D eigenvalue weighted by molar-refractivity contribution is 0.296. The van der Waals surface area contributed by atoms with Crippen molar-refractivity contribution in [3.8, 4) is 16.7 Å². The lowest BCUT2D eigenvalue weighted by atomic mass is 10.2. The summed E-state index contributed by atoms with van der Waals surface area (Å²) in [6.07, 6.45) is 1.75. The third kappa shape index (κ3) is 6.06. The minimum atomic E-state index is 0.236. The van der Waals surface area contributed by atoms with Crippen LogP contribution in [0.15, 0.2) is 41.4 Å². The molecule has 3 rings (SSSR count). The second-order valence-corrected chi connectivity index (χ2v) is 7.77. The molecule has 9 heteroatoms. The molecule has 6 nitrogen and oxygen atoms in total. The molecule has 1 aromatic heterocycles. The highest BCUT2D eigenvalue weighted by atomic mass is 35.5. The summed E-state index contributed by atoms with van der Waals surface area (Å²) in [7, 11) is 1.95. The zero-order valence-corrected chi connectivity index (χ0v) is 18.6. The molecular formula is C20H20Cl2N4O2S. The van der Waals surface area contributed by atoms with Gasteiger partial charge in [0.1, 0.15) is 18.1 Å². The molecule has 0 aliphatic rings. The fourth-order valence-corrected chi connectivity index (χ4v) is 3.09. The van der Waals surface area contributed by atoms with Gasteiger partial charge < -0.3 is 14.4 Å². The molecule has 152 valence electrons. The molecule has 0 N–H and O–H groups in total. The van der Waals surface area contributed by atoms with Crippen LogP contribution in [-0.4, -0.2) is 34.2 Å². The number of hydrogen-bond acceptors (Lipinski definition) is 6. The molecule has 0 atom stereocenters. The van der Waals surface area contributed by atoms with Crippen molar-refractivity contribution in [2.75, 3.05) is 13.6 Å². The maximum Gasteiger partial charge on any atom is 0.298 e. The highest BCUT2D eigenvalue weighted by Crippen LogP contribution is 2.35. The van der Waals surface area contributed by atoms with Gasteiger partial charge in [-0.2, -0.15) is 9.36 Å². The Morgan fingerprint density at radius 3 is 2.69 bits per heavy atom. The molecule has 0 fully saturated rings. The average Bonchev–Trinajstić information content (AvgIpc) is 3.16. The van der Waals surface area contributed by atoms with Gasteiger partial charge in [0.2, 0.25) is 0 Å². The first kappa shape index (κ1) is 21.4. The van der Waals surface area contributed by atoms with Gasteiger partial charge in [0.05, 0.1) is 17.0 Å². The number of aliphatic imine (C=N–C) groups is 1. The maximum atomic E-state index is 6.35. The van der Waals surface area contributed by atoms with Crippen molar-refractivity contribution in [2.45, 2.75) is 20.5 Å². The van der Waals surface area contributed by atoms with Gasteiger partial charge in [0, 0.05) is 36.2 Å². The predicted molar refractivity (Wildman–Crippen MR) is 118 cm³/mol. The standard InChI is InChI=1S/C20H20Cl2N4O2S/c1-4-26(3)12-23-17-9-13(2)18(10-16(17)22)28-20-24-19(25-29-20)11-27-15-7-5-14(21)6-8-15/h5-10,12H,4,11H2,1-3H3. The Morgan fingerprint density at radius 1 is 1.21 bits per heavy atom. The molecule has 0 unspecified atom stereocenters. The maximum absolute atomic E-state index is 6.35.